The lowest BCUT2D eigenvalue weighted by molar-refractivity contribution is 0.0921. The summed E-state index contributed by atoms with van der Waals surface area (Å²) < 4.78 is 26.7. The lowest BCUT2D eigenvalue weighted by Gasteiger charge is -2.17. The zero-order valence-corrected chi connectivity index (χ0v) is 18.3. The Bertz CT molecular complexity index is 1190. The van der Waals surface area contributed by atoms with Crippen molar-refractivity contribution in [2.75, 3.05) is 0 Å². The van der Waals surface area contributed by atoms with Crippen molar-refractivity contribution in [2.24, 2.45) is 0 Å². The highest BCUT2D eigenvalue weighted by Crippen LogP contribution is 2.28. The molecule has 0 amide bonds. The number of Topliss-reactive ketones (excluding diaryl/α,β-unsaturated/α-hetero) is 2. The number of halogens is 2. The molecule has 0 bridgehead atoms. The fraction of sp³-hybridized carbons (Fsp3) is 0.130. The van der Waals surface area contributed by atoms with Crippen LogP contribution in [0.15, 0.2) is 77.7 Å². The molecular formula is C23H18Cl2O4S. The number of aryl methyl sites for hydroxylation is 1. The van der Waals surface area contributed by atoms with Gasteiger partial charge in [-0.2, -0.15) is 0 Å². The molecule has 0 saturated heterocycles. The van der Waals surface area contributed by atoms with Crippen LogP contribution in [0.2, 0.25) is 10.0 Å². The zero-order chi connectivity index (χ0) is 21.9. The Balaban J connectivity index is 2.07. The van der Waals surface area contributed by atoms with Crippen LogP contribution in [-0.2, 0) is 9.84 Å². The van der Waals surface area contributed by atoms with Gasteiger partial charge in [-0.05, 0) is 37.3 Å². The van der Waals surface area contributed by atoms with Crippen molar-refractivity contribution in [3.8, 4) is 0 Å². The number of ketones is 2. The van der Waals surface area contributed by atoms with Crippen LogP contribution in [0.5, 0.6) is 0 Å². The number of benzene rings is 3. The van der Waals surface area contributed by atoms with E-state index in [1.165, 1.54) is 30.3 Å². The third kappa shape index (κ3) is 4.81. The first-order valence-electron chi connectivity index (χ1n) is 9.08. The lowest BCUT2D eigenvalue weighted by atomic mass is 10.0. The molecule has 1 atom stereocenters. The highest BCUT2D eigenvalue weighted by Gasteiger charge is 2.37. The van der Waals surface area contributed by atoms with Crippen LogP contribution in [0.1, 0.15) is 32.7 Å². The largest absolute Gasteiger partial charge is 0.294 e. The molecule has 0 saturated carbocycles. The van der Waals surface area contributed by atoms with Gasteiger partial charge in [-0.15, -0.1) is 0 Å². The maximum Gasteiger partial charge on any atom is 0.189 e. The van der Waals surface area contributed by atoms with Crippen molar-refractivity contribution in [3.63, 3.8) is 0 Å². The molecule has 0 N–H and O–H groups in total. The van der Waals surface area contributed by atoms with E-state index in [0.717, 1.165) is 5.56 Å². The van der Waals surface area contributed by atoms with Crippen molar-refractivity contribution in [1.82, 2.24) is 0 Å². The normalized spacial score (nSPS) is 12.4. The third-order valence-corrected chi connectivity index (χ3v) is 7.29. The molecule has 0 fully saturated rings. The Labute approximate surface area is 185 Å². The summed E-state index contributed by atoms with van der Waals surface area (Å²) >= 11 is 12.1. The van der Waals surface area contributed by atoms with E-state index in [1.807, 2.05) is 6.92 Å². The van der Waals surface area contributed by atoms with Crippen molar-refractivity contribution in [2.45, 2.75) is 23.5 Å². The molecule has 0 aliphatic heterocycles. The minimum atomic E-state index is -4.16. The number of carbonyl (C=O) groups is 2. The number of rotatable bonds is 7. The molecule has 0 unspecified atom stereocenters. The lowest BCUT2D eigenvalue weighted by Crippen LogP contribution is -2.33. The minimum absolute atomic E-state index is 0.00242. The van der Waals surface area contributed by atoms with Gasteiger partial charge < -0.3 is 0 Å². The van der Waals surface area contributed by atoms with E-state index in [9.17, 15) is 18.0 Å². The molecule has 154 valence electrons. The first kappa shape index (κ1) is 22.2. The van der Waals surface area contributed by atoms with Gasteiger partial charge in [0.1, 0.15) is 5.25 Å². The molecule has 0 heterocycles. The second-order valence-corrected chi connectivity index (χ2v) is 9.80. The van der Waals surface area contributed by atoms with Gasteiger partial charge in [0.2, 0.25) is 0 Å². The maximum atomic E-state index is 13.4. The first-order valence-corrected chi connectivity index (χ1v) is 11.4. The van der Waals surface area contributed by atoms with E-state index in [4.69, 9.17) is 23.2 Å². The van der Waals surface area contributed by atoms with Crippen molar-refractivity contribution in [1.29, 1.82) is 0 Å². The van der Waals surface area contributed by atoms with Crippen LogP contribution in [0.3, 0.4) is 0 Å². The van der Waals surface area contributed by atoms with Gasteiger partial charge in [0.15, 0.2) is 21.4 Å². The van der Waals surface area contributed by atoms with E-state index in [2.05, 4.69) is 0 Å². The quantitative estimate of drug-likeness (QED) is 0.430. The topological polar surface area (TPSA) is 68.3 Å². The summed E-state index contributed by atoms with van der Waals surface area (Å²) in [4.78, 5) is 26.0. The predicted octanol–water partition coefficient (Wildman–Crippen LogP) is 5.60. The van der Waals surface area contributed by atoms with Crippen LogP contribution in [-0.4, -0.2) is 25.2 Å². The van der Waals surface area contributed by atoms with Crippen LogP contribution in [0, 0.1) is 6.92 Å². The number of carbonyl (C=O) groups excluding carboxylic acids is 2. The number of sulfone groups is 1. The zero-order valence-electron chi connectivity index (χ0n) is 16.0. The van der Waals surface area contributed by atoms with Gasteiger partial charge in [0.05, 0.1) is 9.92 Å². The third-order valence-electron chi connectivity index (χ3n) is 4.68. The van der Waals surface area contributed by atoms with Crippen LogP contribution < -0.4 is 0 Å². The van der Waals surface area contributed by atoms with Gasteiger partial charge in [0.25, 0.3) is 0 Å². The molecule has 0 spiro atoms. The highest BCUT2D eigenvalue weighted by molar-refractivity contribution is 7.92. The summed E-state index contributed by atoms with van der Waals surface area (Å²) in [5.74, 6) is -1.20. The van der Waals surface area contributed by atoms with Crippen LogP contribution >= 0.6 is 23.2 Å². The van der Waals surface area contributed by atoms with Gasteiger partial charge in [-0.3, -0.25) is 9.59 Å². The van der Waals surface area contributed by atoms with E-state index in [-0.39, 0.29) is 15.5 Å². The van der Waals surface area contributed by atoms with Crippen molar-refractivity contribution >= 4 is 44.6 Å². The van der Waals surface area contributed by atoms with Gasteiger partial charge in [-0.1, -0.05) is 71.2 Å². The van der Waals surface area contributed by atoms with Crippen molar-refractivity contribution < 1.29 is 18.0 Å². The summed E-state index contributed by atoms with van der Waals surface area (Å²) in [5, 5.41) is -1.27. The highest BCUT2D eigenvalue weighted by atomic mass is 35.5. The maximum absolute atomic E-state index is 13.4. The molecule has 7 heteroatoms. The average Bonchev–Trinajstić information content (AvgIpc) is 2.72. The first-order chi connectivity index (χ1) is 14.2. The second-order valence-electron chi connectivity index (χ2n) is 6.83. The van der Waals surface area contributed by atoms with Crippen LogP contribution in [0.25, 0.3) is 0 Å². The Kier molecular flexibility index (Phi) is 6.76. The fourth-order valence-electron chi connectivity index (χ4n) is 3.01. The Hall–Kier alpha value is -2.47. The Morgan fingerprint density at radius 3 is 2.13 bits per heavy atom. The van der Waals surface area contributed by atoms with E-state index in [0.29, 0.717) is 10.6 Å². The van der Waals surface area contributed by atoms with E-state index < -0.39 is 33.1 Å². The molecule has 30 heavy (non-hydrogen) atoms. The summed E-state index contributed by atoms with van der Waals surface area (Å²) in [6.07, 6.45) is -0.502. The molecule has 0 aliphatic rings. The molecule has 3 aromatic carbocycles. The molecular weight excluding hydrogens is 443 g/mol. The molecule has 0 radical (unpaired) electrons. The standard InChI is InChI=1S/C23H18Cl2O4S/c1-15-7-10-18(11-8-15)30(28,29)22(14-21(26)16-5-3-2-4-6-16)23(27)19-12-9-17(24)13-20(19)25/h2-13,22H,14H2,1H3/t22-/m1/s1. The fourth-order valence-corrected chi connectivity index (χ4v) is 5.13. The molecule has 3 aromatic rings. The van der Waals surface area contributed by atoms with Crippen LogP contribution in [0.4, 0.5) is 0 Å². The SMILES string of the molecule is Cc1ccc(S(=O)(=O)[C@H](CC(=O)c2ccccc2)C(=O)c2ccc(Cl)cc2Cl)cc1. The molecule has 3 rings (SSSR count). The van der Waals surface area contributed by atoms with Gasteiger partial charge in [-0.25, -0.2) is 8.42 Å². The smallest absolute Gasteiger partial charge is 0.189 e. The summed E-state index contributed by atoms with van der Waals surface area (Å²) in [6.45, 7) is 1.82. The minimum Gasteiger partial charge on any atom is -0.294 e. The summed E-state index contributed by atoms with van der Waals surface area (Å²) in [6, 6.07) is 18.6. The summed E-state index contributed by atoms with van der Waals surface area (Å²) in [7, 11) is -4.16. The molecule has 4 nitrogen and oxygen atoms in total. The number of hydrogen-bond acceptors (Lipinski definition) is 4. The molecule has 0 aliphatic carbocycles. The Morgan fingerprint density at radius 1 is 0.900 bits per heavy atom. The van der Waals surface area contributed by atoms with Gasteiger partial charge in [0, 0.05) is 22.6 Å². The van der Waals surface area contributed by atoms with E-state index in [1.54, 1.807) is 42.5 Å². The summed E-state index contributed by atoms with van der Waals surface area (Å²) in [5.41, 5.74) is 1.21. The number of hydrogen-bond donors (Lipinski definition) is 0. The molecule has 0 aromatic heterocycles. The predicted molar refractivity (Wildman–Crippen MR) is 118 cm³/mol. The monoisotopic (exact) mass is 460 g/mol. The van der Waals surface area contributed by atoms with Crippen molar-refractivity contribution in [3.05, 3.63) is 99.5 Å². The Morgan fingerprint density at radius 2 is 1.53 bits per heavy atom. The van der Waals surface area contributed by atoms with Gasteiger partial charge >= 0.3 is 0 Å². The van der Waals surface area contributed by atoms with E-state index >= 15 is 0 Å². The average molecular weight is 461 g/mol. The second kappa shape index (κ2) is 9.13.